The van der Waals surface area contributed by atoms with Crippen molar-refractivity contribution in [2.75, 3.05) is 6.61 Å². The predicted molar refractivity (Wildman–Crippen MR) is 30.3 cm³/mol. The van der Waals surface area contributed by atoms with Gasteiger partial charge in [-0.05, 0) is 6.92 Å². The number of carbonyl (C=O) groups excluding carboxylic acids is 1. The normalized spacial score (nSPS) is 13.2. The number of amides is 1. The van der Waals surface area contributed by atoms with E-state index in [4.69, 9.17) is 4.89 Å². The quantitative estimate of drug-likeness (QED) is 0.553. The summed E-state index contributed by atoms with van der Waals surface area (Å²) in [4.78, 5) is 18.5. The van der Waals surface area contributed by atoms with Gasteiger partial charge in [-0.1, -0.05) is 0 Å². The van der Waals surface area contributed by atoms with Crippen LogP contribution in [0.15, 0.2) is 0 Å². The summed E-state index contributed by atoms with van der Waals surface area (Å²) in [5.74, 6) is 0. The molecule has 0 saturated heterocycles. The molecule has 0 aromatic carbocycles. The molecule has 0 spiro atoms. The zero-order chi connectivity index (χ0) is 6.57. The Labute approximate surface area is 48.6 Å². The molecule has 48 valence electrons. The second-order valence-corrected chi connectivity index (χ2v) is 2.27. The molecule has 1 amide bonds. The van der Waals surface area contributed by atoms with Crippen LogP contribution in [0.25, 0.3) is 0 Å². The first-order valence-electron chi connectivity index (χ1n) is 2.09. The molecular weight excluding hydrogens is 129 g/mol. The lowest BCUT2D eigenvalue weighted by Crippen LogP contribution is -2.06. The van der Waals surface area contributed by atoms with E-state index in [9.17, 15) is 4.79 Å². The Hall–Kier alpha value is -0.180. The molecule has 1 unspecified atom stereocenters. The fourth-order valence-corrected chi connectivity index (χ4v) is 0.558. The molecule has 0 radical (unpaired) electrons. The minimum atomic E-state index is -2.00. The van der Waals surface area contributed by atoms with Crippen LogP contribution in [0.5, 0.6) is 0 Å². The minimum Gasteiger partial charge on any atom is -0.362 e. The Morgan fingerprint density at radius 2 is 2.50 bits per heavy atom. The van der Waals surface area contributed by atoms with Crippen molar-refractivity contribution in [2.24, 2.45) is 5.73 Å². The van der Waals surface area contributed by atoms with E-state index >= 15 is 0 Å². The van der Waals surface area contributed by atoms with Crippen LogP contribution in [0.2, 0.25) is 0 Å². The number of hydrogen-bond acceptors (Lipinski definition) is 3. The molecule has 0 bridgehead atoms. The molecule has 5 heteroatoms. The van der Waals surface area contributed by atoms with Gasteiger partial charge in [-0.2, -0.15) is 0 Å². The number of rotatable bonds is 3. The van der Waals surface area contributed by atoms with Crippen LogP contribution in [0.4, 0.5) is 4.79 Å². The minimum absolute atomic E-state index is 0.311. The van der Waals surface area contributed by atoms with Crippen LogP contribution in [-0.4, -0.2) is 17.1 Å². The van der Waals surface area contributed by atoms with Crippen molar-refractivity contribution in [1.82, 2.24) is 0 Å². The molecule has 0 rings (SSSR count). The molecule has 4 nitrogen and oxygen atoms in total. The van der Waals surface area contributed by atoms with Crippen LogP contribution >= 0.6 is 8.38 Å². The topological polar surface area (TPSA) is 72.6 Å². The van der Waals surface area contributed by atoms with Gasteiger partial charge in [0, 0.05) is 0 Å². The van der Waals surface area contributed by atoms with E-state index in [2.05, 4.69) is 10.3 Å². The van der Waals surface area contributed by atoms with Crippen molar-refractivity contribution in [2.45, 2.75) is 6.92 Å². The highest BCUT2D eigenvalue weighted by Gasteiger charge is 2.09. The Morgan fingerprint density at radius 3 is 2.62 bits per heavy atom. The Morgan fingerprint density at radius 1 is 2.00 bits per heavy atom. The monoisotopic (exact) mass is 137 g/mol. The smallest absolute Gasteiger partial charge is 0.295 e. The first-order valence-corrected chi connectivity index (χ1v) is 3.31. The van der Waals surface area contributed by atoms with E-state index in [0.717, 1.165) is 0 Å². The Balaban J connectivity index is 3.32. The average Bonchev–Trinajstić information content (AvgIpc) is 1.67. The van der Waals surface area contributed by atoms with Crippen LogP contribution in [0.1, 0.15) is 6.92 Å². The van der Waals surface area contributed by atoms with E-state index in [-0.39, 0.29) is 0 Å². The summed E-state index contributed by atoms with van der Waals surface area (Å²) in [6.45, 7) is 1.99. The molecule has 3 N–H and O–H groups in total. The zero-order valence-corrected chi connectivity index (χ0v) is 5.39. The SMILES string of the molecule is CCOP(O)C(N)=O. The molecule has 0 aliphatic rings. The molecule has 0 aromatic rings. The van der Waals surface area contributed by atoms with Crippen molar-refractivity contribution < 1.29 is 14.2 Å². The molecule has 0 fully saturated rings. The summed E-state index contributed by atoms with van der Waals surface area (Å²) in [6, 6.07) is 0. The summed E-state index contributed by atoms with van der Waals surface area (Å²) in [5.41, 5.74) is 3.85. The van der Waals surface area contributed by atoms with E-state index in [0.29, 0.717) is 6.61 Å². The summed E-state index contributed by atoms with van der Waals surface area (Å²) in [7, 11) is -2.00. The van der Waals surface area contributed by atoms with Gasteiger partial charge in [0.15, 0.2) is 0 Å². The number of hydrogen-bond donors (Lipinski definition) is 2. The maximum Gasteiger partial charge on any atom is 0.295 e. The zero-order valence-electron chi connectivity index (χ0n) is 4.50. The maximum atomic E-state index is 9.97. The standard InChI is InChI=1S/C3H8NO3P/c1-2-7-8(6)3(4)5/h6H,2H2,1H3,(H2,4,5). The Bertz CT molecular complexity index is 86.6. The van der Waals surface area contributed by atoms with E-state index in [1.165, 1.54) is 0 Å². The van der Waals surface area contributed by atoms with Gasteiger partial charge < -0.3 is 15.2 Å². The molecule has 0 saturated carbocycles. The first-order chi connectivity index (χ1) is 3.68. The third kappa shape index (κ3) is 2.91. The highest BCUT2D eigenvalue weighted by atomic mass is 31.2. The molecule has 0 aliphatic carbocycles. The van der Waals surface area contributed by atoms with Gasteiger partial charge in [0.25, 0.3) is 14.0 Å². The molecular formula is C3H8NO3P. The van der Waals surface area contributed by atoms with E-state index in [1.807, 2.05) is 0 Å². The van der Waals surface area contributed by atoms with Gasteiger partial charge >= 0.3 is 0 Å². The number of nitrogens with two attached hydrogens (primary N) is 1. The molecule has 0 aliphatic heterocycles. The summed E-state index contributed by atoms with van der Waals surface area (Å²) in [5, 5.41) is 0. The van der Waals surface area contributed by atoms with E-state index in [1.54, 1.807) is 6.92 Å². The summed E-state index contributed by atoms with van der Waals surface area (Å²) >= 11 is 0. The lowest BCUT2D eigenvalue weighted by atomic mass is 10.9. The summed E-state index contributed by atoms with van der Waals surface area (Å²) < 4.78 is 4.45. The average molecular weight is 137 g/mol. The third-order valence-corrected chi connectivity index (χ3v) is 1.32. The van der Waals surface area contributed by atoms with Crippen LogP contribution in [-0.2, 0) is 4.52 Å². The second-order valence-electron chi connectivity index (χ2n) is 1.03. The van der Waals surface area contributed by atoms with Crippen LogP contribution < -0.4 is 5.73 Å². The predicted octanol–water partition coefficient (Wildman–Crippen LogP) is 0.406. The van der Waals surface area contributed by atoms with Gasteiger partial charge in [-0.3, -0.25) is 4.79 Å². The fraction of sp³-hybridized carbons (Fsp3) is 0.667. The molecule has 1 atom stereocenters. The molecule has 0 aromatic heterocycles. The second kappa shape index (κ2) is 3.78. The van der Waals surface area contributed by atoms with Gasteiger partial charge in [0.1, 0.15) is 0 Å². The van der Waals surface area contributed by atoms with Crippen LogP contribution in [0, 0.1) is 0 Å². The lowest BCUT2D eigenvalue weighted by molar-refractivity contribution is 0.255. The van der Waals surface area contributed by atoms with Gasteiger partial charge in [-0.25, -0.2) is 0 Å². The van der Waals surface area contributed by atoms with Crippen molar-refractivity contribution in [3.63, 3.8) is 0 Å². The highest BCUT2D eigenvalue weighted by Crippen LogP contribution is 2.29. The number of primary amides is 1. The maximum absolute atomic E-state index is 9.97. The highest BCUT2D eigenvalue weighted by molar-refractivity contribution is 7.64. The van der Waals surface area contributed by atoms with Crippen molar-refractivity contribution in [3.05, 3.63) is 0 Å². The van der Waals surface area contributed by atoms with Crippen molar-refractivity contribution >= 4 is 14.0 Å². The third-order valence-electron chi connectivity index (χ3n) is 0.440. The first kappa shape index (κ1) is 7.82. The molecule has 0 heterocycles. The molecule has 8 heavy (non-hydrogen) atoms. The van der Waals surface area contributed by atoms with Gasteiger partial charge in [0.2, 0.25) is 0 Å². The van der Waals surface area contributed by atoms with Crippen molar-refractivity contribution in [3.8, 4) is 0 Å². The fourth-order valence-electron chi connectivity index (χ4n) is 0.186. The van der Waals surface area contributed by atoms with Gasteiger partial charge in [-0.15, -0.1) is 0 Å². The van der Waals surface area contributed by atoms with Crippen molar-refractivity contribution in [1.29, 1.82) is 0 Å². The summed E-state index contributed by atoms with van der Waals surface area (Å²) in [6.07, 6.45) is 0. The Kier molecular flexibility index (Phi) is 3.69. The van der Waals surface area contributed by atoms with E-state index < -0.39 is 14.0 Å². The number of carbonyl (C=O) groups is 1. The largest absolute Gasteiger partial charge is 0.362 e. The van der Waals surface area contributed by atoms with Gasteiger partial charge in [0.05, 0.1) is 6.61 Å². The van der Waals surface area contributed by atoms with Crippen LogP contribution in [0.3, 0.4) is 0 Å². The lowest BCUT2D eigenvalue weighted by Gasteiger charge is -2.01.